The van der Waals surface area contributed by atoms with Crippen LogP contribution in [-0.4, -0.2) is 55.2 Å². The van der Waals surface area contributed by atoms with Gasteiger partial charge in [0.25, 0.3) is 0 Å². The van der Waals surface area contributed by atoms with Crippen LogP contribution in [0.15, 0.2) is 15.5 Å². The van der Waals surface area contributed by atoms with Gasteiger partial charge in [-0.05, 0) is 72.7 Å². The summed E-state index contributed by atoms with van der Waals surface area (Å²) in [6.07, 6.45) is 3.76. The zero-order valence-electron chi connectivity index (χ0n) is 16.6. The summed E-state index contributed by atoms with van der Waals surface area (Å²) in [5.41, 5.74) is -0.238. The Kier molecular flexibility index (Phi) is 9.95. The quantitative estimate of drug-likeness (QED) is 0.232. The maximum Gasteiger partial charge on any atom is 0.191 e. The molecule has 1 aliphatic rings. The van der Waals surface area contributed by atoms with E-state index in [1.54, 1.807) is 6.92 Å². The van der Waals surface area contributed by atoms with Crippen LogP contribution in [0.5, 0.6) is 0 Å². The van der Waals surface area contributed by atoms with Gasteiger partial charge in [0.1, 0.15) is 17.1 Å². The molecular weight excluding hydrogens is 443 g/mol. The third-order valence-corrected chi connectivity index (χ3v) is 4.65. The first-order chi connectivity index (χ1) is 11.9. The molecule has 0 aromatic carbocycles. The van der Waals surface area contributed by atoms with Crippen LogP contribution < -0.4 is 10.6 Å². The molecule has 2 heterocycles. The normalized spacial score (nSPS) is 17.7. The summed E-state index contributed by atoms with van der Waals surface area (Å²) < 4.78 is 5.54. The van der Waals surface area contributed by atoms with Crippen molar-refractivity contribution < 1.29 is 9.52 Å². The highest BCUT2D eigenvalue weighted by molar-refractivity contribution is 14.0. The largest absolute Gasteiger partial charge is 0.466 e. The van der Waals surface area contributed by atoms with Gasteiger partial charge in [0.05, 0.1) is 6.54 Å². The summed E-state index contributed by atoms with van der Waals surface area (Å²) >= 11 is 0. The van der Waals surface area contributed by atoms with Crippen LogP contribution in [0.25, 0.3) is 0 Å². The lowest BCUT2D eigenvalue weighted by Gasteiger charge is -2.22. The minimum Gasteiger partial charge on any atom is -0.466 e. The molecule has 1 fully saturated rings. The van der Waals surface area contributed by atoms with Gasteiger partial charge in [-0.2, -0.15) is 0 Å². The molecule has 0 bridgehead atoms. The average molecular weight is 478 g/mol. The van der Waals surface area contributed by atoms with E-state index in [1.165, 1.54) is 25.9 Å². The van der Waals surface area contributed by atoms with Gasteiger partial charge in [-0.25, -0.2) is 4.99 Å². The Morgan fingerprint density at radius 1 is 1.31 bits per heavy atom. The highest BCUT2D eigenvalue weighted by Gasteiger charge is 2.27. The SMILES string of the molecule is CCNC(=NCC(C)(O)c1cc(C)oc1C)NCCCN1CCCC1.I. The number of furan rings is 1. The van der Waals surface area contributed by atoms with E-state index >= 15 is 0 Å². The Balaban J connectivity index is 0.00000338. The number of guanidine groups is 1. The van der Waals surface area contributed by atoms with E-state index in [9.17, 15) is 5.11 Å². The molecule has 0 aliphatic carbocycles. The number of hydrogen-bond donors (Lipinski definition) is 3. The number of rotatable bonds is 8. The van der Waals surface area contributed by atoms with Crippen molar-refractivity contribution in [1.29, 1.82) is 0 Å². The molecule has 1 aromatic heterocycles. The molecule has 6 nitrogen and oxygen atoms in total. The minimum atomic E-state index is -1.04. The second kappa shape index (κ2) is 11.1. The van der Waals surface area contributed by atoms with Gasteiger partial charge in [0.2, 0.25) is 0 Å². The third-order valence-electron chi connectivity index (χ3n) is 4.65. The molecule has 26 heavy (non-hydrogen) atoms. The van der Waals surface area contributed by atoms with Crippen LogP contribution in [0.3, 0.4) is 0 Å². The molecule has 0 radical (unpaired) electrons. The van der Waals surface area contributed by atoms with E-state index in [0.717, 1.165) is 49.1 Å². The molecule has 1 unspecified atom stereocenters. The first-order valence-corrected chi connectivity index (χ1v) is 9.47. The maximum atomic E-state index is 10.8. The van der Waals surface area contributed by atoms with E-state index in [4.69, 9.17) is 4.42 Å². The molecular formula is C19H35IN4O2. The average Bonchev–Trinajstić information content (AvgIpc) is 3.18. The summed E-state index contributed by atoms with van der Waals surface area (Å²) in [5, 5.41) is 17.4. The first-order valence-electron chi connectivity index (χ1n) is 9.47. The molecule has 2 rings (SSSR count). The maximum absolute atomic E-state index is 10.8. The van der Waals surface area contributed by atoms with Crippen molar-refractivity contribution in [3.8, 4) is 0 Å². The molecule has 150 valence electrons. The van der Waals surface area contributed by atoms with Gasteiger partial charge < -0.3 is 25.1 Å². The van der Waals surface area contributed by atoms with Crippen LogP contribution in [0, 0.1) is 13.8 Å². The molecule has 1 aliphatic heterocycles. The van der Waals surface area contributed by atoms with E-state index in [0.29, 0.717) is 0 Å². The smallest absolute Gasteiger partial charge is 0.191 e. The van der Waals surface area contributed by atoms with E-state index in [1.807, 2.05) is 26.8 Å². The Bertz CT molecular complexity index is 566. The van der Waals surface area contributed by atoms with Gasteiger partial charge in [-0.15, -0.1) is 24.0 Å². The molecule has 0 amide bonds. The molecule has 3 N–H and O–H groups in total. The molecule has 0 saturated carbocycles. The summed E-state index contributed by atoms with van der Waals surface area (Å²) in [6.45, 7) is 13.2. The van der Waals surface area contributed by atoms with Crippen molar-refractivity contribution in [2.24, 2.45) is 4.99 Å². The summed E-state index contributed by atoms with van der Waals surface area (Å²) in [4.78, 5) is 7.08. The summed E-state index contributed by atoms with van der Waals surface area (Å²) in [5.74, 6) is 2.31. The van der Waals surface area contributed by atoms with Gasteiger partial charge >= 0.3 is 0 Å². The second-order valence-electron chi connectivity index (χ2n) is 7.13. The van der Waals surface area contributed by atoms with Crippen molar-refractivity contribution >= 4 is 29.9 Å². The number of likely N-dealkylation sites (tertiary alicyclic amines) is 1. The lowest BCUT2D eigenvalue weighted by molar-refractivity contribution is 0.0657. The monoisotopic (exact) mass is 478 g/mol. The standard InChI is InChI=1S/C19H34N4O2.HI/c1-5-20-18(21-9-8-12-23-10-6-7-11-23)22-14-19(4,24)17-13-15(2)25-16(17)3;/h13,24H,5-12,14H2,1-4H3,(H2,20,21,22);1H. The van der Waals surface area contributed by atoms with Crippen molar-refractivity contribution in [2.45, 2.75) is 52.6 Å². The van der Waals surface area contributed by atoms with Crippen LogP contribution in [0.2, 0.25) is 0 Å². The topological polar surface area (TPSA) is 73.0 Å². The zero-order chi connectivity index (χ0) is 18.3. The highest BCUT2D eigenvalue weighted by atomic mass is 127. The highest BCUT2D eigenvalue weighted by Crippen LogP contribution is 2.27. The summed E-state index contributed by atoms with van der Waals surface area (Å²) in [7, 11) is 0. The van der Waals surface area contributed by atoms with Gasteiger partial charge in [-0.3, -0.25) is 0 Å². The van der Waals surface area contributed by atoms with Gasteiger partial charge in [0, 0.05) is 18.7 Å². The van der Waals surface area contributed by atoms with E-state index < -0.39 is 5.60 Å². The number of halogens is 1. The fourth-order valence-electron chi connectivity index (χ4n) is 3.34. The number of aliphatic imine (C=N–C) groups is 1. The fraction of sp³-hybridized carbons (Fsp3) is 0.737. The molecule has 7 heteroatoms. The number of nitrogens with one attached hydrogen (secondary N) is 2. The van der Waals surface area contributed by atoms with Crippen molar-refractivity contribution in [3.05, 3.63) is 23.2 Å². The van der Waals surface area contributed by atoms with Crippen molar-refractivity contribution in [1.82, 2.24) is 15.5 Å². The van der Waals surface area contributed by atoms with Gasteiger partial charge in [-0.1, -0.05) is 0 Å². The van der Waals surface area contributed by atoms with Crippen molar-refractivity contribution in [2.75, 3.05) is 39.3 Å². The number of aliphatic hydroxyl groups is 1. The number of aryl methyl sites for hydroxylation is 2. The predicted octanol–water partition coefficient (Wildman–Crippen LogP) is 2.76. The Morgan fingerprint density at radius 3 is 2.58 bits per heavy atom. The van der Waals surface area contributed by atoms with Gasteiger partial charge in [0.15, 0.2) is 5.96 Å². The number of hydrogen-bond acceptors (Lipinski definition) is 4. The molecule has 0 spiro atoms. The lowest BCUT2D eigenvalue weighted by Crippen LogP contribution is -2.40. The minimum absolute atomic E-state index is 0. The fourth-order valence-corrected chi connectivity index (χ4v) is 3.34. The Hall–Kier alpha value is -0.800. The molecule has 1 saturated heterocycles. The Labute approximate surface area is 174 Å². The zero-order valence-corrected chi connectivity index (χ0v) is 18.9. The van der Waals surface area contributed by atoms with Crippen LogP contribution in [0.1, 0.15) is 50.2 Å². The van der Waals surface area contributed by atoms with Crippen LogP contribution in [0.4, 0.5) is 0 Å². The van der Waals surface area contributed by atoms with E-state index in [-0.39, 0.29) is 30.5 Å². The first kappa shape index (κ1) is 23.2. The third kappa shape index (κ3) is 7.08. The van der Waals surface area contributed by atoms with Crippen LogP contribution >= 0.6 is 24.0 Å². The summed E-state index contributed by atoms with van der Waals surface area (Å²) in [6, 6.07) is 1.89. The van der Waals surface area contributed by atoms with Crippen molar-refractivity contribution in [3.63, 3.8) is 0 Å². The number of nitrogens with zero attached hydrogens (tertiary/aromatic N) is 2. The van der Waals surface area contributed by atoms with Crippen LogP contribution in [-0.2, 0) is 5.60 Å². The Morgan fingerprint density at radius 2 is 2.00 bits per heavy atom. The molecule has 1 atom stereocenters. The lowest BCUT2D eigenvalue weighted by atomic mass is 9.96. The predicted molar refractivity (Wildman–Crippen MR) is 117 cm³/mol. The van der Waals surface area contributed by atoms with E-state index in [2.05, 4.69) is 20.5 Å². The second-order valence-corrected chi connectivity index (χ2v) is 7.13. The molecule has 1 aromatic rings.